The van der Waals surface area contributed by atoms with Gasteiger partial charge in [0.2, 0.25) is 5.82 Å². The Labute approximate surface area is 103 Å². The molecule has 4 heteroatoms. The molecule has 0 fully saturated rings. The number of aromatic hydroxyl groups is 1. The lowest BCUT2D eigenvalue weighted by Crippen LogP contribution is -2.38. The van der Waals surface area contributed by atoms with Crippen LogP contribution in [0.3, 0.4) is 0 Å². The smallest absolute Gasteiger partial charge is 0.431 e. The molecule has 0 saturated heterocycles. The first-order valence-corrected chi connectivity index (χ1v) is 6.50. The number of hydrogen-bond acceptors (Lipinski definition) is 3. The second kappa shape index (κ2) is 7.09. The third kappa shape index (κ3) is 4.21. The van der Waals surface area contributed by atoms with Gasteiger partial charge in [-0.05, 0) is 13.3 Å². The third-order valence-corrected chi connectivity index (χ3v) is 3.05. The number of nitrogen functional groups attached to an aromatic ring is 1. The fourth-order valence-electron chi connectivity index (χ4n) is 1.88. The lowest BCUT2D eigenvalue weighted by molar-refractivity contribution is -0.692. The number of unbranched alkanes of at least 4 members (excludes halogenated alkanes) is 5. The van der Waals surface area contributed by atoms with Crippen LogP contribution in [0.5, 0.6) is 6.01 Å². The maximum atomic E-state index is 9.63. The number of nitrogens with zero attached hydrogens (tertiary/aromatic N) is 2. The van der Waals surface area contributed by atoms with Crippen molar-refractivity contribution in [2.75, 3.05) is 5.73 Å². The van der Waals surface area contributed by atoms with Gasteiger partial charge in [0.05, 0.1) is 12.1 Å². The van der Waals surface area contributed by atoms with Gasteiger partial charge < -0.3 is 10.8 Å². The van der Waals surface area contributed by atoms with E-state index in [0.29, 0.717) is 5.82 Å². The minimum atomic E-state index is 0.0154. The van der Waals surface area contributed by atoms with Crippen LogP contribution >= 0.6 is 0 Å². The van der Waals surface area contributed by atoms with Gasteiger partial charge in [-0.15, -0.1) is 0 Å². The Hall–Kier alpha value is -1.32. The molecule has 0 spiro atoms. The summed E-state index contributed by atoms with van der Waals surface area (Å²) in [4.78, 5) is 3.91. The lowest BCUT2D eigenvalue weighted by Gasteiger charge is -2.06. The van der Waals surface area contributed by atoms with Crippen LogP contribution < -0.4 is 10.3 Å². The Kier molecular flexibility index (Phi) is 5.73. The van der Waals surface area contributed by atoms with E-state index in [4.69, 9.17) is 5.73 Å². The van der Waals surface area contributed by atoms with Crippen molar-refractivity contribution in [3.05, 3.63) is 11.8 Å². The Morgan fingerprint density at radius 3 is 2.59 bits per heavy atom. The molecule has 1 aromatic heterocycles. The zero-order chi connectivity index (χ0) is 12.7. The molecule has 0 aliphatic heterocycles. The molecule has 0 atom stereocenters. The Morgan fingerprint density at radius 2 is 1.88 bits per heavy atom. The molecule has 0 saturated carbocycles. The molecule has 0 unspecified atom stereocenters. The van der Waals surface area contributed by atoms with E-state index in [1.54, 1.807) is 10.8 Å². The molecule has 0 radical (unpaired) electrons. The van der Waals surface area contributed by atoms with E-state index in [0.717, 1.165) is 18.5 Å². The van der Waals surface area contributed by atoms with Gasteiger partial charge in [0.15, 0.2) is 0 Å². The molecule has 1 heterocycles. The van der Waals surface area contributed by atoms with Gasteiger partial charge in [0.25, 0.3) is 0 Å². The molecule has 0 aliphatic carbocycles. The predicted molar refractivity (Wildman–Crippen MR) is 68.6 cm³/mol. The zero-order valence-corrected chi connectivity index (χ0v) is 10.9. The summed E-state index contributed by atoms with van der Waals surface area (Å²) in [6.07, 6.45) is 8.96. The average molecular weight is 238 g/mol. The Bertz CT molecular complexity index is 353. The fourth-order valence-corrected chi connectivity index (χ4v) is 1.88. The van der Waals surface area contributed by atoms with E-state index < -0.39 is 0 Å². The predicted octanol–water partition coefficient (Wildman–Crippen LogP) is 2.33. The van der Waals surface area contributed by atoms with Gasteiger partial charge in [-0.1, -0.05) is 44.0 Å². The van der Waals surface area contributed by atoms with Gasteiger partial charge in [-0.25, -0.2) is 0 Å². The SMILES string of the molecule is CCCCCCCC[n+]1c(O)ncc(C)c1N. The highest BCUT2D eigenvalue weighted by Gasteiger charge is 2.13. The fraction of sp³-hybridized carbons (Fsp3) is 0.692. The van der Waals surface area contributed by atoms with Crippen LogP contribution in [-0.2, 0) is 6.54 Å². The van der Waals surface area contributed by atoms with Crippen molar-refractivity contribution < 1.29 is 9.67 Å². The summed E-state index contributed by atoms with van der Waals surface area (Å²) in [5.41, 5.74) is 6.82. The van der Waals surface area contributed by atoms with Crippen LogP contribution in [-0.4, -0.2) is 10.1 Å². The zero-order valence-electron chi connectivity index (χ0n) is 10.9. The molecule has 1 aromatic rings. The topological polar surface area (TPSA) is 63.0 Å². The van der Waals surface area contributed by atoms with E-state index in [1.807, 2.05) is 6.92 Å². The lowest BCUT2D eigenvalue weighted by atomic mass is 10.1. The first-order chi connectivity index (χ1) is 8.16. The van der Waals surface area contributed by atoms with Crippen molar-refractivity contribution in [1.29, 1.82) is 0 Å². The van der Waals surface area contributed by atoms with E-state index >= 15 is 0 Å². The highest BCUT2D eigenvalue weighted by molar-refractivity contribution is 5.30. The van der Waals surface area contributed by atoms with Crippen LogP contribution in [0.25, 0.3) is 0 Å². The highest BCUT2D eigenvalue weighted by Crippen LogP contribution is 2.09. The quantitative estimate of drug-likeness (QED) is 0.566. The van der Waals surface area contributed by atoms with Crippen LogP contribution in [0.2, 0.25) is 0 Å². The van der Waals surface area contributed by atoms with Crippen LogP contribution in [0.15, 0.2) is 6.20 Å². The van der Waals surface area contributed by atoms with Gasteiger partial charge in [-0.3, -0.25) is 0 Å². The molecule has 3 N–H and O–H groups in total. The van der Waals surface area contributed by atoms with Gasteiger partial charge in [0.1, 0.15) is 6.20 Å². The summed E-state index contributed by atoms with van der Waals surface area (Å²) in [6, 6.07) is 0.0154. The molecule has 17 heavy (non-hydrogen) atoms. The van der Waals surface area contributed by atoms with E-state index in [-0.39, 0.29) is 6.01 Å². The highest BCUT2D eigenvalue weighted by atomic mass is 16.3. The first-order valence-electron chi connectivity index (χ1n) is 6.50. The Balaban J connectivity index is 2.39. The summed E-state index contributed by atoms with van der Waals surface area (Å²) in [5, 5.41) is 9.63. The first kappa shape index (κ1) is 13.7. The molecular formula is C13H24N3O+. The van der Waals surface area contributed by atoms with E-state index in [1.165, 1.54) is 32.1 Å². The van der Waals surface area contributed by atoms with Crippen LogP contribution in [0.1, 0.15) is 51.0 Å². The maximum absolute atomic E-state index is 9.63. The monoisotopic (exact) mass is 238 g/mol. The van der Waals surface area contributed by atoms with Crippen molar-refractivity contribution in [2.24, 2.45) is 0 Å². The molecule has 96 valence electrons. The number of nitrogens with two attached hydrogens (primary N) is 1. The Morgan fingerprint density at radius 1 is 1.24 bits per heavy atom. The minimum absolute atomic E-state index is 0.0154. The molecule has 4 nitrogen and oxygen atoms in total. The summed E-state index contributed by atoms with van der Waals surface area (Å²) in [6.45, 7) is 4.87. The molecule has 0 amide bonds. The standard InChI is InChI=1S/C13H23N3O/c1-3-4-5-6-7-8-9-16-12(14)11(2)10-15-13(16)17/h10H,3-9H2,1-2H3,(H2,14,15,17)/p+1. The van der Waals surface area contributed by atoms with Gasteiger partial charge in [0, 0.05) is 0 Å². The number of anilines is 1. The van der Waals surface area contributed by atoms with Crippen LogP contribution in [0.4, 0.5) is 5.82 Å². The minimum Gasteiger partial charge on any atom is -0.456 e. The number of aromatic nitrogens is 2. The number of rotatable bonds is 7. The van der Waals surface area contributed by atoms with Crippen molar-refractivity contribution in [2.45, 2.75) is 58.9 Å². The second-order valence-corrected chi connectivity index (χ2v) is 4.55. The van der Waals surface area contributed by atoms with Crippen molar-refractivity contribution >= 4 is 5.82 Å². The summed E-state index contributed by atoms with van der Waals surface area (Å²) in [5.74, 6) is 0.617. The largest absolute Gasteiger partial charge is 0.456 e. The van der Waals surface area contributed by atoms with Crippen molar-refractivity contribution in [3.63, 3.8) is 0 Å². The van der Waals surface area contributed by atoms with Crippen molar-refractivity contribution in [1.82, 2.24) is 4.98 Å². The summed E-state index contributed by atoms with van der Waals surface area (Å²) >= 11 is 0. The summed E-state index contributed by atoms with van der Waals surface area (Å²) in [7, 11) is 0. The van der Waals surface area contributed by atoms with Gasteiger partial charge >= 0.3 is 6.01 Å². The molecular weight excluding hydrogens is 214 g/mol. The molecule has 0 aliphatic rings. The van der Waals surface area contributed by atoms with Crippen molar-refractivity contribution in [3.8, 4) is 6.01 Å². The number of hydrogen-bond donors (Lipinski definition) is 2. The average Bonchev–Trinajstić information content (AvgIpc) is 2.32. The maximum Gasteiger partial charge on any atom is 0.431 e. The summed E-state index contributed by atoms with van der Waals surface area (Å²) < 4.78 is 1.69. The molecule has 0 aromatic carbocycles. The molecule has 1 rings (SSSR count). The van der Waals surface area contributed by atoms with E-state index in [9.17, 15) is 5.11 Å². The normalized spacial score (nSPS) is 10.7. The third-order valence-electron chi connectivity index (χ3n) is 3.05. The molecule has 0 bridgehead atoms. The van der Waals surface area contributed by atoms with Crippen LogP contribution in [0, 0.1) is 6.92 Å². The second-order valence-electron chi connectivity index (χ2n) is 4.55. The van der Waals surface area contributed by atoms with Gasteiger partial charge in [-0.2, -0.15) is 4.57 Å². The van der Waals surface area contributed by atoms with E-state index in [2.05, 4.69) is 11.9 Å². The number of aryl methyl sites for hydroxylation is 1.